The van der Waals surface area contributed by atoms with Crippen LogP contribution in [0, 0.1) is 11.3 Å². The van der Waals surface area contributed by atoms with Gasteiger partial charge in [-0.2, -0.15) is 5.26 Å². The second-order valence-electron chi connectivity index (χ2n) is 4.55. The Kier molecular flexibility index (Phi) is 3.88. The second kappa shape index (κ2) is 5.39. The van der Waals surface area contributed by atoms with E-state index >= 15 is 0 Å². The minimum atomic E-state index is 0.417. The first kappa shape index (κ1) is 12.2. The molecule has 1 heterocycles. The molecule has 1 aromatic rings. The molecule has 0 amide bonds. The normalized spacial score (nSPS) is 20.9. The number of nitrogens with zero attached hydrogens (tertiary/aromatic N) is 2. The number of halogens is 1. The quantitative estimate of drug-likeness (QED) is 0.876. The minimum absolute atomic E-state index is 0.417. The summed E-state index contributed by atoms with van der Waals surface area (Å²) in [6.45, 7) is 2.18. The first-order valence-corrected chi connectivity index (χ1v) is 6.21. The van der Waals surface area contributed by atoms with Crippen molar-refractivity contribution in [2.45, 2.75) is 18.9 Å². The number of hydrogen-bond donors (Lipinski definition) is 1. The van der Waals surface area contributed by atoms with E-state index in [1.807, 2.05) is 6.07 Å². The Morgan fingerprint density at radius 3 is 3.06 bits per heavy atom. The molecule has 4 heteroatoms. The van der Waals surface area contributed by atoms with Crippen molar-refractivity contribution in [2.75, 3.05) is 25.5 Å². The number of anilines is 1. The fourth-order valence-corrected chi connectivity index (χ4v) is 2.38. The Hall–Kier alpha value is -1.24. The van der Waals surface area contributed by atoms with Crippen LogP contribution in [0.4, 0.5) is 5.69 Å². The summed E-state index contributed by atoms with van der Waals surface area (Å²) >= 11 is 6.12. The molecule has 1 aromatic carbocycles. The molecule has 1 fully saturated rings. The molecule has 3 nitrogen and oxygen atoms in total. The molecule has 0 bridgehead atoms. The van der Waals surface area contributed by atoms with E-state index in [2.05, 4.69) is 23.3 Å². The Morgan fingerprint density at radius 1 is 1.53 bits per heavy atom. The predicted octanol–water partition coefficient (Wildman–Crippen LogP) is 2.72. The van der Waals surface area contributed by atoms with Crippen LogP contribution in [0.5, 0.6) is 0 Å². The minimum Gasteiger partial charge on any atom is -0.380 e. The zero-order valence-electron chi connectivity index (χ0n) is 9.91. The lowest BCUT2D eigenvalue weighted by atomic mass is 10.1. The number of benzene rings is 1. The Labute approximate surface area is 107 Å². The van der Waals surface area contributed by atoms with Crippen molar-refractivity contribution in [3.8, 4) is 6.07 Å². The molecule has 90 valence electrons. The summed E-state index contributed by atoms with van der Waals surface area (Å²) < 4.78 is 0. The summed E-state index contributed by atoms with van der Waals surface area (Å²) in [5.41, 5.74) is 1.51. The Balaban J connectivity index is 2.10. The van der Waals surface area contributed by atoms with Crippen molar-refractivity contribution >= 4 is 17.3 Å². The number of likely N-dealkylation sites (N-methyl/N-ethyl adjacent to an activating group) is 1. The molecule has 1 N–H and O–H groups in total. The molecule has 0 saturated carbocycles. The smallest absolute Gasteiger partial charge is 0.0992 e. The van der Waals surface area contributed by atoms with Gasteiger partial charge in [0.2, 0.25) is 0 Å². The maximum Gasteiger partial charge on any atom is 0.0992 e. The van der Waals surface area contributed by atoms with Crippen molar-refractivity contribution < 1.29 is 0 Å². The maximum atomic E-state index is 8.87. The van der Waals surface area contributed by atoms with Gasteiger partial charge in [-0.3, -0.25) is 0 Å². The molecule has 0 radical (unpaired) electrons. The van der Waals surface area contributed by atoms with Gasteiger partial charge in [0.05, 0.1) is 22.3 Å². The van der Waals surface area contributed by atoms with E-state index in [1.165, 1.54) is 6.42 Å². The van der Waals surface area contributed by atoms with Crippen molar-refractivity contribution in [3.63, 3.8) is 0 Å². The van der Waals surface area contributed by atoms with Gasteiger partial charge in [-0.05, 0) is 44.6 Å². The standard InChI is InChI=1S/C13H16ClN3/c1-17-6-2-3-11(9-17)16-13-7-10(8-15)4-5-12(13)14/h4-5,7,11,16H,2-3,6,9H2,1H3. The van der Waals surface area contributed by atoms with Gasteiger partial charge in [0.25, 0.3) is 0 Å². The van der Waals surface area contributed by atoms with Crippen LogP contribution >= 0.6 is 11.6 Å². The van der Waals surface area contributed by atoms with Crippen LogP contribution in [0.3, 0.4) is 0 Å². The predicted molar refractivity (Wildman–Crippen MR) is 70.3 cm³/mol. The molecule has 17 heavy (non-hydrogen) atoms. The van der Waals surface area contributed by atoms with Crippen LogP contribution in [-0.2, 0) is 0 Å². The van der Waals surface area contributed by atoms with E-state index in [-0.39, 0.29) is 0 Å². The van der Waals surface area contributed by atoms with Crippen LogP contribution in [0.15, 0.2) is 18.2 Å². The number of nitriles is 1. The average molecular weight is 250 g/mol. The molecular formula is C13H16ClN3. The molecule has 0 aromatic heterocycles. The monoisotopic (exact) mass is 249 g/mol. The van der Waals surface area contributed by atoms with E-state index in [0.717, 1.165) is 25.2 Å². The summed E-state index contributed by atoms with van der Waals surface area (Å²) in [5, 5.41) is 13.0. The van der Waals surface area contributed by atoms with E-state index < -0.39 is 0 Å². The number of hydrogen-bond acceptors (Lipinski definition) is 3. The van der Waals surface area contributed by atoms with Crippen molar-refractivity contribution in [3.05, 3.63) is 28.8 Å². The largest absolute Gasteiger partial charge is 0.380 e. The molecule has 2 rings (SSSR count). The fraction of sp³-hybridized carbons (Fsp3) is 0.462. The number of likely N-dealkylation sites (tertiary alicyclic amines) is 1. The molecular weight excluding hydrogens is 234 g/mol. The van der Waals surface area contributed by atoms with E-state index in [4.69, 9.17) is 16.9 Å². The number of rotatable bonds is 2. The van der Waals surface area contributed by atoms with Crippen LogP contribution < -0.4 is 5.32 Å². The maximum absolute atomic E-state index is 8.87. The van der Waals surface area contributed by atoms with E-state index in [1.54, 1.807) is 12.1 Å². The topological polar surface area (TPSA) is 39.1 Å². The van der Waals surface area contributed by atoms with Crippen LogP contribution in [0.2, 0.25) is 5.02 Å². The molecule has 1 saturated heterocycles. The van der Waals surface area contributed by atoms with Gasteiger partial charge in [-0.15, -0.1) is 0 Å². The summed E-state index contributed by atoms with van der Waals surface area (Å²) in [4.78, 5) is 2.31. The molecule has 1 unspecified atom stereocenters. The first-order valence-electron chi connectivity index (χ1n) is 5.84. The SMILES string of the molecule is CN1CCCC(Nc2cc(C#N)ccc2Cl)C1. The van der Waals surface area contributed by atoms with Crippen molar-refractivity contribution in [1.29, 1.82) is 5.26 Å². The van der Waals surface area contributed by atoms with Gasteiger partial charge in [-0.1, -0.05) is 11.6 Å². The van der Waals surface area contributed by atoms with E-state index in [0.29, 0.717) is 16.6 Å². The van der Waals surface area contributed by atoms with Crippen molar-refractivity contribution in [2.24, 2.45) is 0 Å². The van der Waals surface area contributed by atoms with Gasteiger partial charge < -0.3 is 10.2 Å². The van der Waals surface area contributed by atoms with Gasteiger partial charge in [-0.25, -0.2) is 0 Å². The fourth-order valence-electron chi connectivity index (χ4n) is 2.21. The van der Waals surface area contributed by atoms with Crippen LogP contribution in [0.1, 0.15) is 18.4 Å². The molecule has 0 aliphatic carbocycles. The third-order valence-electron chi connectivity index (χ3n) is 3.08. The zero-order chi connectivity index (χ0) is 12.3. The molecule has 1 atom stereocenters. The average Bonchev–Trinajstić information content (AvgIpc) is 2.32. The van der Waals surface area contributed by atoms with E-state index in [9.17, 15) is 0 Å². The summed E-state index contributed by atoms with van der Waals surface area (Å²) in [5.74, 6) is 0. The van der Waals surface area contributed by atoms with Crippen molar-refractivity contribution in [1.82, 2.24) is 4.90 Å². The lowest BCUT2D eigenvalue weighted by Gasteiger charge is -2.31. The van der Waals surface area contributed by atoms with Gasteiger partial charge >= 0.3 is 0 Å². The van der Waals surface area contributed by atoms with Gasteiger partial charge in [0, 0.05) is 12.6 Å². The highest BCUT2D eigenvalue weighted by Crippen LogP contribution is 2.25. The van der Waals surface area contributed by atoms with Gasteiger partial charge in [0.1, 0.15) is 0 Å². The molecule has 0 spiro atoms. The third-order valence-corrected chi connectivity index (χ3v) is 3.41. The Morgan fingerprint density at radius 2 is 2.35 bits per heavy atom. The van der Waals surface area contributed by atoms with Crippen LogP contribution in [0.25, 0.3) is 0 Å². The highest BCUT2D eigenvalue weighted by molar-refractivity contribution is 6.33. The summed E-state index contributed by atoms with van der Waals surface area (Å²) in [7, 11) is 2.13. The highest BCUT2D eigenvalue weighted by atomic mass is 35.5. The number of nitrogens with one attached hydrogen (secondary N) is 1. The molecule has 1 aliphatic heterocycles. The number of piperidine rings is 1. The zero-order valence-corrected chi connectivity index (χ0v) is 10.7. The summed E-state index contributed by atoms with van der Waals surface area (Å²) in [6, 6.07) is 7.87. The summed E-state index contributed by atoms with van der Waals surface area (Å²) in [6.07, 6.45) is 2.35. The van der Waals surface area contributed by atoms with Crippen LogP contribution in [-0.4, -0.2) is 31.1 Å². The highest BCUT2D eigenvalue weighted by Gasteiger charge is 2.17. The lowest BCUT2D eigenvalue weighted by molar-refractivity contribution is 0.261. The molecule has 1 aliphatic rings. The Bertz CT molecular complexity index is 439. The third kappa shape index (κ3) is 3.12. The second-order valence-corrected chi connectivity index (χ2v) is 4.96. The first-order chi connectivity index (χ1) is 8.19. The lowest BCUT2D eigenvalue weighted by Crippen LogP contribution is -2.39. The van der Waals surface area contributed by atoms with Gasteiger partial charge in [0.15, 0.2) is 0 Å².